The van der Waals surface area contributed by atoms with Crippen LogP contribution in [0.4, 0.5) is 0 Å². The Kier molecular flexibility index (Phi) is 5.42. The monoisotopic (exact) mass is 240 g/mol. The van der Waals surface area contributed by atoms with Gasteiger partial charge in [-0.15, -0.1) is 0 Å². The molecule has 0 atom stereocenters. The maximum absolute atomic E-state index is 8.90. The summed E-state index contributed by atoms with van der Waals surface area (Å²) >= 11 is 3.25. The minimum Gasteiger partial charge on any atom is -0.197 e. The first-order valence-corrected chi connectivity index (χ1v) is 5.24. The molecule has 0 N–H and O–H groups in total. The topological polar surface area (TPSA) is 47.6 Å². The summed E-state index contributed by atoms with van der Waals surface area (Å²) < 4.78 is 0. The molecule has 0 bridgehead atoms. The van der Waals surface area contributed by atoms with Crippen molar-refractivity contribution in [3.63, 3.8) is 0 Å². The standard InChI is InChI=1S/C10H13BrN2/c1-9(2)3-4-10(7-12,8-13)5-6-11/h3H,4-6H2,1-2H3. The lowest BCUT2D eigenvalue weighted by Crippen LogP contribution is -2.15. The Hall–Kier alpha value is -0.800. The molecule has 0 heterocycles. The number of hydrogen-bond donors (Lipinski definition) is 0. The van der Waals surface area contributed by atoms with Crippen molar-refractivity contribution in [3.05, 3.63) is 11.6 Å². The van der Waals surface area contributed by atoms with Gasteiger partial charge in [0.25, 0.3) is 0 Å². The van der Waals surface area contributed by atoms with Gasteiger partial charge >= 0.3 is 0 Å². The molecule has 0 saturated heterocycles. The van der Waals surface area contributed by atoms with Crippen molar-refractivity contribution in [2.75, 3.05) is 5.33 Å². The van der Waals surface area contributed by atoms with Crippen LogP contribution in [0.5, 0.6) is 0 Å². The Morgan fingerprint density at radius 1 is 1.38 bits per heavy atom. The van der Waals surface area contributed by atoms with Crippen molar-refractivity contribution < 1.29 is 0 Å². The van der Waals surface area contributed by atoms with Crippen LogP contribution in [0.25, 0.3) is 0 Å². The number of hydrogen-bond acceptors (Lipinski definition) is 2. The fourth-order valence-corrected chi connectivity index (χ4v) is 1.55. The largest absolute Gasteiger partial charge is 0.197 e. The summed E-state index contributed by atoms with van der Waals surface area (Å²) in [4.78, 5) is 0. The second-order valence-electron chi connectivity index (χ2n) is 3.23. The minimum absolute atomic E-state index is 0.522. The van der Waals surface area contributed by atoms with Crippen LogP contribution in [0.3, 0.4) is 0 Å². The molecule has 0 spiro atoms. The van der Waals surface area contributed by atoms with Crippen LogP contribution in [0.2, 0.25) is 0 Å². The van der Waals surface area contributed by atoms with Gasteiger partial charge in [0.1, 0.15) is 5.41 Å². The van der Waals surface area contributed by atoms with E-state index in [9.17, 15) is 0 Å². The molecule has 0 rings (SSSR count). The quantitative estimate of drug-likeness (QED) is 0.560. The predicted molar refractivity (Wildman–Crippen MR) is 56.1 cm³/mol. The second kappa shape index (κ2) is 5.78. The maximum Gasteiger partial charge on any atom is 0.148 e. The van der Waals surface area contributed by atoms with Crippen molar-refractivity contribution in [1.29, 1.82) is 10.5 Å². The summed E-state index contributed by atoms with van der Waals surface area (Å²) in [5, 5.41) is 18.5. The third-order valence-corrected chi connectivity index (χ3v) is 2.20. The third kappa shape index (κ3) is 4.10. The first-order valence-electron chi connectivity index (χ1n) is 4.12. The normalized spacial score (nSPS) is 9.92. The summed E-state index contributed by atoms with van der Waals surface area (Å²) in [5.41, 5.74) is 0.297. The van der Waals surface area contributed by atoms with E-state index >= 15 is 0 Å². The fraction of sp³-hybridized carbons (Fsp3) is 0.600. The molecule has 0 aromatic carbocycles. The smallest absolute Gasteiger partial charge is 0.148 e. The van der Waals surface area contributed by atoms with Crippen molar-refractivity contribution in [2.24, 2.45) is 5.41 Å². The average Bonchev–Trinajstić information content (AvgIpc) is 2.12. The molecule has 0 aromatic heterocycles. The molecule has 0 aliphatic carbocycles. The number of nitriles is 2. The third-order valence-electron chi connectivity index (χ3n) is 1.81. The van der Waals surface area contributed by atoms with Crippen LogP contribution in [0.1, 0.15) is 26.7 Å². The van der Waals surface area contributed by atoms with E-state index in [4.69, 9.17) is 10.5 Å². The van der Waals surface area contributed by atoms with Gasteiger partial charge in [-0.25, -0.2) is 0 Å². The van der Waals surface area contributed by atoms with Gasteiger partial charge in [0.05, 0.1) is 12.1 Å². The molecule has 0 aliphatic rings. The van der Waals surface area contributed by atoms with E-state index in [2.05, 4.69) is 28.1 Å². The molecule has 70 valence electrons. The highest BCUT2D eigenvalue weighted by molar-refractivity contribution is 9.09. The Morgan fingerprint density at radius 3 is 2.23 bits per heavy atom. The van der Waals surface area contributed by atoms with E-state index in [0.29, 0.717) is 18.2 Å². The molecule has 2 nitrogen and oxygen atoms in total. The maximum atomic E-state index is 8.90. The fourth-order valence-electron chi connectivity index (χ4n) is 0.870. The number of nitrogens with zero attached hydrogens (tertiary/aromatic N) is 2. The molecule has 0 saturated carbocycles. The van der Waals surface area contributed by atoms with Gasteiger partial charge in [-0.1, -0.05) is 27.6 Å². The van der Waals surface area contributed by atoms with Gasteiger partial charge < -0.3 is 0 Å². The Bertz CT molecular complexity index is 250. The van der Waals surface area contributed by atoms with Crippen LogP contribution in [0, 0.1) is 28.1 Å². The molecule has 0 aromatic rings. The van der Waals surface area contributed by atoms with Gasteiger partial charge in [-0.05, 0) is 26.7 Å². The van der Waals surface area contributed by atoms with Crippen molar-refractivity contribution >= 4 is 15.9 Å². The molecule has 0 radical (unpaired) electrons. The summed E-state index contributed by atoms with van der Waals surface area (Å²) in [5.74, 6) is 0. The molecular formula is C10H13BrN2. The van der Waals surface area contributed by atoms with Gasteiger partial charge in [0.2, 0.25) is 0 Å². The molecule has 0 unspecified atom stereocenters. The zero-order valence-corrected chi connectivity index (χ0v) is 9.56. The highest BCUT2D eigenvalue weighted by Crippen LogP contribution is 2.26. The highest BCUT2D eigenvalue weighted by atomic mass is 79.9. The van der Waals surface area contributed by atoms with Gasteiger partial charge in [-0.2, -0.15) is 10.5 Å². The van der Waals surface area contributed by atoms with Crippen LogP contribution in [0.15, 0.2) is 11.6 Å². The predicted octanol–water partition coefficient (Wildman–Crippen LogP) is 3.16. The van der Waals surface area contributed by atoms with Crippen LogP contribution < -0.4 is 0 Å². The number of halogens is 1. The van der Waals surface area contributed by atoms with Crippen molar-refractivity contribution in [1.82, 2.24) is 0 Å². The van der Waals surface area contributed by atoms with Crippen LogP contribution >= 0.6 is 15.9 Å². The summed E-state index contributed by atoms with van der Waals surface area (Å²) in [6, 6.07) is 4.17. The Morgan fingerprint density at radius 2 is 1.92 bits per heavy atom. The number of alkyl halides is 1. The van der Waals surface area contributed by atoms with Gasteiger partial charge in [0, 0.05) is 5.33 Å². The lowest BCUT2D eigenvalue weighted by Gasteiger charge is -2.14. The Balaban J connectivity index is 4.54. The summed E-state index contributed by atoms with van der Waals surface area (Å²) in [6.45, 7) is 3.93. The lowest BCUT2D eigenvalue weighted by atomic mass is 9.84. The SMILES string of the molecule is CC(C)=CCC(C#N)(C#N)CCBr. The average molecular weight is 241 g/mol. The summed E-state index contributed by atoms with van der Waals surface area (Å²) in [6.07, 6.45) is 3.03. The first-order chi connectivity index (χ1) is 6.10. The van der Waals surface area contributed by atoms with Gasteiger partial charge in [0.15, 0.2) is 0 Å². The summed E-state index contributed by atoms with van der Waals surface area (Å²) in [7, 11) is 0. The van der Waals surface area contributed by atoms with E-state index in [1.165, 1.54) is 0 Å². The molecule has 13 heavy (non-hydrogen) atoms. The van der Waals surface area contributed by atoms with Crippen molar-refractivity contribution in [3.8, 4) is 12.1 Å². The second-order valence-corrected chi connectivity index (χ2v) is 4.02. The minimum atomic E-state index is -0.846. The Labute approximate surface area is 88.0 Å². The molecular weight excluding hydrogens is 228 g/mol. The number of rotatable bonds is 4. The van der Waals surface area contributed by atoms with E-state index in [1.54, 1.807) is 0 Å². The van der Waals surface area contributed by atoms with Crippen molar-refractivity contribution in [2.45, 2.75) is 26.7 Å². The van der Waals surface area contributed by atoms with E-state index in [1.807, 2.05) is 19.9 Å². The van der Waals surface area contributed by atoms with Crippen LogP contribution in [-0.4, -0.2) is 5.33 Å². The molecule has 0 amide bonds. The lowest BCUT2D eigenvalue weighted by molar-refractivity contribution is 0.515. The molecule has 0 aliphatic heterocycles. The number of allylic oxidation sites excluding steroid dienone is 2. The first kappa shape index (κ1) is 12.2. The van der Waals surface area contributed by atoms with E-state index < -0.39 is 5.41 Å². The molecule has 3 heteroatoms. The van der Waals surface area contributed by atoms with E-state index in [0.717, 1.165) is 5.57 Å². The zero-order chi connectivity index (χ0) is 10.3. The van der Waals surface area contributed by atoms with Gasteiger partial charge in [-0.3, -0.25) is 0 Å². The molecule has 0 fully saturated rings. The zero-order valence-electron chi connectivity index (χ0n) is 7.97. The van der Waals surface area contributed by atoms with Crippen LogP contribution in [-0.2, 0) is 0 Å². The van der Waals surface area contributed by atoms with E-state index in [-0.39, 0.29) is 0 Å². The highest BCUT2D eigenvalue weighted by Gasteiger charge is 2.27.